The molecule has 0 aromatic heterocycles. The summed E-state index contributed by atoms with van der Waals surface area (Å²) in [5.41, 5.74) is 1.41. The van der Waals surface area contributed by atoms with Crippen LogP contribution >= 0.6 is 0 Å². The molecule has 2 rings (SSSR count). The molecule has 1 heterocycles. The first-order chi connectivity index (χ1) is 11.3. The lowest BCUT2D eigenvalue weighted by Gasteiger charge is -2.40. The Labute approximate surface area is 140 Å². The third kappa shape index (κ3) is 4.94. The number of hydrogen-bond acceptors (Lipinski definition) is 3. The quantitative estimate of drug-likeness (QED) is 0.619. The molecule has 5 heteroatoms. The van der Waals surface area contributed by atoms with Crippen molar-refractivity contribution in [1.82, 2.24) is 15.1 Å². The molecular weight excluding hydrogens is 288 g/mol. The van der Waals surface area contributed by atoms with Crippen molar-refractivity contribution in [3.63, 3.8) is 0 Å². The first kappa shape index (κ1) is 17.8. The van der Waals surface area contributed by atoms with Crippen LogP contribution in [0.15, 0.2) is 35.3 Å². The van der Waals surface area contributed by atoms with E-state index < -0.39 is 0 Å². The second-order valence-electron chi connectivity index (χ2n) is 5.82. The van der Waals surface area contributed by atoms with Crippen molar-refractivity contribution in [1.29, 1.82) is 0 Å². The van der Waals surface area contributed by atoms with Crippen LogP contribution in [-0.2, 0) is 0 Å². The highest BCUT2D eigenvalue weighted by atomic mass is 16.3. The van der Waals surface area contributed by atoms with Crippen molar-refractivity contribution in [3.05, 3.63) is 35.9 Å². The molecule has 0 aliphatic carbocycles. The van der Waals surface area contributed by atoms with E-state index in [1.165, 1.54) is 5.56 Å². The summed E-state index contributed by atoms with van der Waals surface area (Å²) in [5, 5.41) is 12.3. The fourth-order valence-electron chi connectivity index (χ4n) is 3.21. The Balaban J connectivity index is 1.96. The lowest BCUT2D eigenvalue weighted by atomic mass is 10.0. The zero-order chi connectivity index (χ0) is 16.5. The maximum absolute atomic E-state index is 8.99. The molecule has 128 valence electrons. The van der Waals surface area contributed by atoms with Gasteiger partial charge in [0.15, 0.2) is 5.96 Å². The molecule has 1 fully saturated rings. The van der Waals surface area contributed by atoms with E-state index in [9.17, 15) is 0 Å². The number of aliphatic hydroxyl groups is 1. The Morgan fingerprint density at radius 1 is 1.17 bits per heavy atom. The summed E-state index contributed by atoms with van der Waals surface area (Å²) < 4.78 is 0. The first-order valence-corrected chi connectivity index (χ1v) is 8.73. The van der Waals surface area contributed by atoms with Crippen LogP contribution in [-0.4, -0.2) is 66.7 Å². The molecule has 1 aliphatic rings. The predicted octanol–water partition coefficient (Wildman–Crippen LogP) is 1.71. The Hall–Kier alpha value is -1.59. The van der Waals surface area contributed by atoms with E-state index in [1.807, 2.05) is 0 Å². The lowest BCUT2D eigenvalue weighted by molar-refractivity contribution is 0.127. The highest BCUT2D eigenvalue weighted by Crippen LogP contribution is 2.25. The third-order valence-corrected chi connectivity index (χ3v) is 4.32. The van der Waals surface area contributed by atoms with Crippen molar-refractivity contribution in [2.45, 2.75) is 26.3 Å². The van der Waals surface area contributed by atoms with Gasteiger partial charge in [0.05, 0.1) is 13.2 Å². The van der Waals surface area contributed by atoms with Crippen molar-refractivity contribution >= 4 is 5.96 Å². The summed E-state index contributed by atoms with van der Waals surface area (Å²) in [6.07, 6.45) is 1.13. The first-order valence-electron chi connectivity index (χ1n) is 8.73. The van der Waals surface area contributed by atoms with Crippen molar-refractivity contribution in [2.24, 2.45) is 4.99 Å². The molecule has 1 atom stereocenters. The fraction of sp³-hybridized carbons (Fsp3) is 0.611. The number of aliphatic imine (C=N–C) groups is 1. The maximum Gasteiger partial charge on any atom is 0.194 e. The Bertz CT molecular complexity index is 469. The van der Waals surface area contributed by atoms with Gasteiger partial charge < -0.3 is 15.3 Å². The minimum absolute atomic E-state index is 0.0980. The molecule has 1 aliphatic heterocycles. The molecule has 0 amide bonds. The van der Waals surface area contributed by atoms with Gasteiger partial charge in [-0.3, -0.25) is 9.89 Å². The van der Waals surface area contributed by atoms with Gasteiger partial charge in [0, 0.05) is 38.8 Å². The van der Waals surface area contributed by atoms with Crippen LogP contribution in [0, 0.1) is 0 Å². The molecular formula is C18H30N4O. The molecule has 1 saturated heterocycles. The summed E-state index contributed by atoms with van der Waals surface area (Å²) in [7, 11) is 0. The number of rotatable bonds is 6. The summed E-state index contributed by atoms with van der Waals surface area (Å²) in [4.78, 5) is 9.34. The molecule has 0 spiro atoms. The number of piperazine rings is 1. The normalized spacial score (nSPS) is 18.0. The van der Waals surface area contributed by atoms with Crippen LogP contribution < -0.4 is 5.32 Å². The summed E-state index contributed by atoms with van der Waals surface area (Å²) >= 11 is 0. The molecule has 1 aromatic rings. The minimum atomic E-state index is 0.0980. The van der Waals surface area contributed by atoms with Gasteiger partial charge in [-0.1, -0.05) is 37.3 Å². The molecule has 1 aromatic carbocycles. The van der Waals surface area contributed by atoms with Gasteiger partial charge in [0.2, 0.25) is 0 Å². The van der Waals surface area contributed by atoms with Crippen LogP contribution in [0.5, 0.6) is 0 Å². The second-order valence-corrected chi connectivity index (χ2v) is 5.82. The SMILES string of the molecule is CCNC(=NCCO)N1CCN(C(CC)c2ccccc2)CC1. The number of nitrogens with one attached hydrogen (secondary N) is 1. The number of aliphatic hydroxyl groups excluding tert-OH is 1. The van der Waals surface area contributed by atoms with Gasteiger partial charge in [-0.25, -0.2) is 0 Å². The van der Waals surface area contributed by atoms with Crippen LogP contribution in [0.3, 0.4) is 0 Å². The van der Waals surface area contributed by atoms with Gasteiger partial charge >= 0.3 is 0 Å². The highest BCUT2D eigenvalue weighted by molar-refractivity contribution is 5.80. The number of nitrogens with zero attached hydrogens (tertiary/aromatic N) is 3. The average molecular weight is 318 g/mol. The van der Waals surface area contributed by atoms with E-state index in [-0.39, 0.29) is 6.61 Å². The van der Waals surface area contributed by atoms with Crippen LogP contribution in [0.1, 0.15) is 31.9 Å². The van der Waals surface area contributed by atoms with E-state index in [1.54, 1.807) is 0 Å². The van der Waals surface area contributed by atoms with Gasteiger partial charge in [-0.2, -0.15) is 0 Å². The van der Waals surface area contributed by atoms with Crippen molar-refractivity contribution in [2.75, 3.05) is 45.9 Å². The van der Waals surface area contributed by atoms with E-state index >= 15 is 0 Å². The Morgan fingerprint density at radius 3 is 2.43 bits per heavy atom. The van der Waals surface area contributed by atoms with Gasteiger partial charge in [0.1, 0.15) is 0 Å². The molecule has 2 N–H and O–H groups in total. The van der Waals surface area contributed by atoms with Crippen LogP contribution in [0.4, 0.5) is 0 Å². The van der Waals surface area contributed by atoms with E-state index in [0.29, 0.717) is 12.6 Å². The summed E-state index contributed by atoms with van der Waals surface area (Å²) in [6.45, 7) is 9.77. The Morgan fingerprint density at radius 2 is 1.87 bits per heavy atom. The maximum atomic E-state index is 8.99. The predicted molar refractivity (Wildman–Crippen MR) is 95.7 cm³/mol. The van der Waals surface area contributed by atoms with Crippen LogP contribution in [0.2, 0.25) is 0 Å². The van der Waals surface area contributed by atoms with E-state index in [2.05, 4.69) is 64.3 Å². The topological polar surface area (TPSA) is 51.1 Å². The third-order valence-electron chi connectivity index (χ3n) is 4.32. The zero-order valence-electron chi connectivity index (χ0n) is 14.4. The van der Waals surface area contributed by atoms with Crippen molar-refractivity contribution in [3.8, 4) is 0 Å². The number of hydrogen-bond donors (Lipinski definition) is 2. The molecule has 1 unspecified atom stereocenters. The summed E-state index contributed by atoms with van der Waals surface area (Å²) in [5.74, 6) is 0.925. The fourth-order valence-corrected chi connectivity index (χ4v) is 3.21. The van der Waals surface area contributed by atoms with E-state index in [4.69, 9.17) is 5.11 Å². The summed E-state index contributed by atoms with van der Waals surface area (Å²) in [6, 6.07) is 11.3. The molecule has 0 bridgehead atoms. The molecule has 0 saturated carbocycles. The van der Waals surface area contributed by atoms with Crippen molar-refractivity contribution < 1.29 is 5.11 Å². The van der Waals surface area contributed by atoms with Crippen LogP contribution in [0.25, 0.3) is 0 Å². The number of benzene rings is 1. The minimum Gasteiger partial charge on any atom is -0.394 e. The molecule has 5 nitrogen and oxygen atoms in total. The Kier molecular flexibility index (Phi) is 7.36. The highest BCUT2D eigenvalue weighted by Gasteiger charge is 2.25. The smallest absolute Gasteiger partial charge is 0.194 e. The molecule has 0 radical (unpaired) electrons. The largest absolute Gasteiger partial charge is 0.394 e. The number of guanidine groups is 1. The monoisotopic (exact) mass is 318 g/mol. The lowest BCUT2D eigenvalue weighted by Crippen LogP contribution is -2.53. The van der Waals surface area contributed by atoms with Gasteiger partial charge in [-0.05, 0) is 18.9 Å². The van der Waals surface area contributed by atoms with Gasteiger partial charge in [-0.15, -0.1) is 0 Å². The second kappa shape index (κ2) is 9.53. The standard InChI is InChI=1S/C18H30N4O/c1-3-17(16-8-6-5-7-9-16)21-11-13-22(14-12-21)18(19-4-2)20-10-15-23/h5-9,17,23H,3-4,10-15H2,1-2H3,(H,19,20). The zero-order valence-corrected chi connectivity index (χ0v) is 14.4. The van der Waals surface area contributed by atoms with Gasteiger partial charge in [0.25, 0.3) is 0 Å². The van der Waals surface area contributed by atoms with E-state index in [0.717, 1.165) is 45.1 Å². The average Bonchev–Trinajstić information content (AvgIpc) is 2.61. The molecule has 23 heavy (non-hydrogen) atoms.